The van der Waals surface area contributed by atoms with E-state index in [1.807, 2.05) is 0 Å². The van der Waals surface area contributed by atoms with Crippen LogP contribution in [-0.2, 0) is 0 Å². The Kier molecular flexibility index (Phi) is 3.97. The molecule has 0 aliphatic carbocycles. The van der Waals surface area contributed by atoms with Gasteiger partial charge in [0, 0.05) is 12.7 Å². The van der Waals surface area contributed by atoms with Crippen LogP contribution in [0, 0.1) is 0 Å². The lowest BCUT2D eigenvalue weighted by molar-refractivity contribution is 0.00381. The molecule has 14 heavy (non-hydrogen) atoms. The molecule has 1 heterocycles. The van der Waals surface area contributed by atoms with Crippen molar-refractivity contribution >= 4 is 17.4 Å². The Morgan fingerprint density at radius 2 is 2.29 bits per heavy atom. The van der Waals surface area contributed by atoms with E-state index in [4.69, 9.17) is 16.7 Å². The van der Waals surface area contributed by atoms with Crippen LogP contribution >= 0.6 is 11.6 Å². The molecule has 1 unspecified atom stereocenters. The van der Waals surface area contributed by atoms with E-state index in [1.165, 1.54) is 12.3 Å². The zero-order valence-electron chi connectivity index (χ0n) is 6.99. The molecule has 0 amide bonds. The molecular formula is C7H8ClF2N3O. The van der Waals surface area contributed by atoms with E-state index in [2.05, 4.69) is 15.3 Å². The van der Waals surface area contributed by atoms with E-state index in [1.54, 1.807) is 0 Å². The van der Waals surface area contributed by atoms with Crippen molar-refractivity contribution in [3.8, 4) is 0 Å². The van der Waals surface area contributed by atoms with Gasteiger partial charge in [-0.15, -0.1) is 0 Å². The molecule has 1 aromatic rings. The molecule has 0 fully saturated rings. The van der Waals surface area contributed by atoms with Gasteiger partial charge < -0.3 is 10.4 Å². The van der Waals surface area contributed by atoms with Crippen LogP contribution in [0.2, 0.25) is 5.28 Å². The van der Waals surface area contributed by atoms with Crippen molar-refractivity contribution in [3.63, 3.8) is 0 Å². The number of hydrogen-bond donors (Lipinski definition) is 2. The Balaban J connectivity index is 2.45. The highest BCUT2D eigenvalue weighted by molar-refractivity contribution is 6.28. The Labute approximate surface area is 83.9 Å². The lowest BCUT2D eigenvalue weighted by Gasteiger charge is -2.10. The minimum absolute atomic E-state index is 0.0153. The molecule has 0 aliphatic heterocycles. The van der Waals surface area contributed by atoms with Crippen LogP contribution in [0.4, 0.5) is 14.6 Å². The van der Waals surface area contributed by atoms with Crippen molar-refractivity contribution in [1.82, 2.24) is 9.97 Å². The molecule has 0 aliphatic rings. The maximum atomic E-state index is 11.9. The van der Waals surface area contributed by atoms with Gasteiger partial charge in [-0.25, -0.2) is 18.7 Å². The smallest absolute Gasteiger partial charge is 0.265 e. The second-order valence-corrected chi connectivity index (χ2v) is 2.83. The molecule has 0 saturated carbocycles. The van der Waals surface area contributed by atoms with Crippen molar-refractivity contribution in [2.45, 2.75) is 12.5 Å². The molecule has 0 saturated heterocycles. The van der Waals surface area contributed by atoms with Crippen LogP contribution in [0.5, 0.6) is 0 Å². The molecule has 2 N–H and O–H groups in total. The summed E-state index contributed by atoms with van der Waals surface area (Å²) in [5.41, 5.74) is 0. The number of anilines is 1. The number of aromatic nitrogens is 2. The Bertz CT molecular complexity index is 300. The molecule has 0 aromatic carbocycles. The second-order valence-electron chi connectivity index (χ2n) is 2.49. The monoisotopic (exact) mass is 223 g/mol. The SMILES string of the molecule is OC(CNc1ccnc(Cl)n1)C(F)F. The second kappa shape index (κ2) is 5.02. The zero-order chi connectivity index (χ0) is 10.6. The number of alkyl halides is 2. The van der Waals surface area contributed by atoms with Crippen molar-refractivity contribution in [2.24, 2.45) is 0 Å². The first-order chi connectivity index (χ1) is 6.59. The topological polar surface area (TPSA) is 58.0 Å². The molecule has 78 valence electrons. The fourth-order valence-electron chi connectivity index (χ4n) is 0.732. The van der Waals surface area contributed by atoms with Gasteiger partial charge in [0.25, 0.3) is 6.43 Å². The van der Waals surface area contributed by atoms with Crippen molar-refractivity contribution in [2.75, 3.05) is 11.9 Å². The number of nitrogens with zero attached hydrogens (tertiary/aromatic N) is 2. The molecule has 0 bridgehead atoms. The molecular weight excluding hydrogens is 216 g/mol. The summed E-state index contributed by atoms with van der Waals surface area (Å²) in [6.45, 7) is -0.287. The average molecular weight is 224 g/mol. The molecule has 7 heteroatoms. The fourth-order valence-corrected chi connectivity index (χ4v) is 0.879. The summed E-state index contributed by atoms with van der Waals surface area (Å²) in [6.07, 6.45) is -3.12. The third-order valence-electron chi connectivity index (χ3n) is 1.41. The summed E-state index contributed by atoms with van der Waals surface area (Å²) in [6, 6.07) is 1.46. The van der Waals surface area contributed by atoms with Gasteiger partial charge in [-0.3, -0.25) is 0 Å². The quantitative estimate of drug-likeness (QED) is 0.753. The molecule has 0 radical (unpaired) electrons. The van der Waals surface area contributed by atoms with Crippen molar-refractivity contribution in [3.05, 3.63) is 17.5 Å². The van der Waals surface area contributed by atoms with Gasteiger partial charge in [-0.1, -0.05) is 0 Å². The maximum absolute atomic E-state index is 11.9. The molecule has 0 spiro atoms. The molecule has 1 rings (SSSR count). The van der Waals surface area contributed by atoms with Crippen LogP contribution < -0.4 is 5.32 Å². The number of nitrogens with one attached hydrogen (secondary N) is 1. The summed E-state index contributed by atoms with van der Waals surface area (Å²) in [5.74, 6) is 0.296. The fraction of sp³-hybridized carbons (Fsp3) is 0.429. The van der Waals surface area contributed by atoms with Crippen molar-refractivity contribution < 1.29 is 13.9 Å². The average Bonchev–Trinajstić information content (AvgIpc) is 2.14. The highest BCUT2D eigenvalue weighted by atomic mass is 35.5. The molecule has 1 aromatic heterocycles. The Hall–Kier alpha value is -1.01. The summed E-state index contributed by atoms with van der Waals surface area (Å²) in [4.78, 5) is 7.30. The van der Waals surface area contributed by atoms with Crippen LogP contribution in [0.1, 0.15) is 0 Å². The predicted octanol–water partition coefficient (Wildman–Crippen LogP) is 1.17. The maximum Gasteiger partial charge on any atom is 0.265 e. The normalized spacial score (nSPS) is 12.9. The predicted molar refractivity (Wildman–Crippen MR) is 47.5 cm³/mol. The lowest BCUT2D eigenvalue weighted by Crippen LogP contribution is -2.27. The van der Waals surface area contributed by atoms with E-state index in [9.17, 15) is 8.78 Å². The number of rotatable bonds is 4. The lowest BCUT2D eigenvalue weighted by atomic mass is 10.3. The van der Waals surface area contributed by atoms with Crippen LogP contribution in [0.15, 0.2) is 12.3 Å². The number of aliphatic hydroxyl groups is 1. The third kappa shape index (κ3) is 3.39. The van der Waals surface area contributed by atoms with Crippen LogP contribution in [0.3, 0.4) is 0 Å². The van der Waals surface area contributed by atoms with Gasteiger partial charge in [0.15, 0.2) is 0 Å². The Morgan fingerprint density at radius 1 is 1.57 bits per heavy atom. The van der Waals surface area contributed by atoms with E-state index in [0.717, 1.165) is 0 Å². The minimum Gasteiger partial charge on any atom is -0.385 e. The minimum atomic E-state index is -2.78. The van der Waals surface area contributed by atoms with Crippen LogP contribution in [-0.4, -0.2) is 34.1 Å². The van der Waals surface area contributed by atoms with Crippen molar-refractivity contribution in [1.29, 1.82) is 0 Å². The number of hydrogen-bond acceptors (Lipinski definition) is 4. The number of aliphatic hydroxyl groups excluding tert-OH is 1. The van der Waals surface area contributed by atoms with Gasteiger partial charge in [-0.2, -0.15) is 0 Å². The van der Waals surface area contributed by atoms with Gasteiger partial charge >= 0.3 is 0 Å². The van der Waals surface area contributed by atoms with Gasteiger partial charge in [0.05, 0.1) is 0 Å². The van der Waals surface area contributed by atoms with Gasteiger partial charge in [0.1, 0.15) is 11.9 Å². The molecule has 1 atom stereocenters. The summed E-state index contributed by atoms with van der Waals surface area (Å²) < 4.78 is 23.7. The van der Waals surface area contributed by atoms with E-state index < -0.39 is 12.5 Å². The highest BCUT2D eigenvalue weighted by Gasteiger charge is 2.16. The van der Waals surface area contributed by atoms with E-state index >= 15 is 0 Å². The largest absolute Gasteiger partial charge is 0.385 e. The summed E-state index contributed by atoms with van der Waals surface area (Å²) in [7, 11) is 0. The first kappa shape index (κ1) is 11.1. The Morgan fingerprint density at radius 3 is 2.86 bits per heavy atom. The summed E-state index contributed by atoms with van der Waals surface area (Å²) in [5, 5.41) is 11.3. The first-order valence-electron chi connectivity index (χ1n) is 3.78. The molecule has 4 nitrogen and oxygen atoms in total. The van der Waals surface area contributed by atoms with Gasteiger partial charge in [-0.05, 0) is 17.7 Å². The van der Waals surface area contributed by atoms with Gasteiger partial charge in [0.2, 0.25) is 5.28 Å². The third-order valence-corrected chi connectivity index (χ3v) is 1.59. The number of halogens is 3. The van der Waals surface area contributed by atoms with E-state index in [-0.39, 0.29) is 11.8 Å². The first-order valence-corrected chi connectivity index (χ1v) is 4.16. The van der Waals surface area contributed by atoms with Crippen LogP contribution in [0.25, 0.3) is 0 Å². The zero-order valence-corrected chi connectivity index (χ0v) is 7.75. The highest BCUT2D eigenvalue weighted by Crippen LogP contribution is 2.07. The summed E-state index contributed by atoms with van der Waals surface area (Å²) >= 11 is 5.45. The van der Waals surface area contributed by atoms with E-state index in [0.29, 0.717) is 5.82 Å². The standard InChI is InChI=1S/C7H8ClF2N3O/c8-7-11-2-1-5(13-7)12-3-4(14)6(9)10/h1-2,4,6,14H,3H2,(H,11,12,13).